The number of aromatic nitrogens is 2. The lowest BCUT2D eigenvalue weighted by Crippen LogP contribution is -2.18. The van der Waals surface area contributed by atoms with E-state index in [0.29, 0.717) is 23.0 Å². The van der Waals surface area contributed by atoms with Crippen molar-refractivity contribution in [2.45, 2.75) is 6.42 Å². The van der Waals surface area contributed by atoms with Crippen LogP contribution in [-0.4, -0.2) is 9.55 Å². The Morgan fingerprint density at radius 2 is 2.31 bits per heavy atom. The molecule has 1 aromatic carbocycles. The number of nitrogens with zero attached hydrogens (tertiary/aromatic N) is 2. The molecule has 0 saturated heterocycles. The molecule has 0 fully saturated rings. The Morgan fingerprint density at radius 1 is 1.56 bits per heavy atom. The number of rotatable bonds is 2. The Labute approximate surface area is 91.9 Å². The van der Waals surface area contributed by atoms with Crippen molar-refractivity contribution >= 4 is 11.0 Å². The molecular weight excluding hydrogens is 207 g/mol. The van der Waals surface area contributed by atoms with Crippen LogP contribution in [0.15, 0.2) is 35.8 Å². The van der Waals surface area contributed by atoms with E-state index in [1.165, 1.54) is 16.8 Å². The third-order valence-electron chi connectivity index (χ3n) is 2.53. The fraction of sp³-hybridized carbons (Fsp3) is 0.167. The zero-order valence-electron chi connectivity index (χ0n) is 8.90. The van der Waals surface area contributed by atoms with E-state index >= 15 is 0 Å². The Morgan fingerprint density at radius 3 is 3.00 bits per heavy atom. The highest BCUT2D eigenvalue weighted by atomic mass is 19.1. The van der Waals surface area contributed by atoms with Crippen LogP contribution in [-0.2, 0) is 13.5 Å². The molecule has 3 nitrogen and oxygen atoms in total. The van der Waals surface area contributed by atoms with Gasteiger partial charge in [-0.15, -0.1) is 6.58 Å². The molecule has 0 unspecified atom stereocenters. The van der Waals surface area contributed by atoms with Crippen LogP contribution in [0.1, 0.15) is 5.56 Å². The number of aryl methyl sites for hydroxylation is 1. The highest BCUT2D eigenvalue weighted by Gasteiger charge is 2.10. The predicted octanol–water partition coefficient (Wildman–Crippen LogP) is 1.80. The van der Waals surface area contributed by atoms with Gasteiger partial charge in [-0.2, -0.15) is 0 Å². The first kappa shape index (κ1) is 10.5. The van der Waals surface area contributed by atoms with Gasteiger partial charge in [-0.3, -0.25) is 4.79 Å². The van der Waals surface area contributed by atoms with Gasteiger partial charge in [-0.1, -0.05) is 6.08 Å². The molecule has 82 valence electrons. The van der Waals surface area contributed by atoms with Gasteiger partial charge in [0.25, 0.3) is 5.56 Å². The maximum absolute atomic E-state index is 13.6. The lowest BCUT2D eigenvalue weighted by molar-refractivity contribution is 0.615. The molecule has 0 aliphatic carbocycles. The van der Waals surface area contributed by atoms with Crippen molar-refractivity contribution in [2.24, 2.45) is 7.05 Å². The Balaban J connectivity index is 2.94. The molecule has 0 amide bonds. The minimum Gasteiger partial charge on any atom is -0.308 e. The molecule has 0 bridgehead atoms. The molecule has 0 atom stereocenters. The molecule has 2 aromatic rings. The summed E-state index contributed by atoms with van der Waals surface area (Å²) in [5.41, 5.74) is 1.36. The lowest BCUT2D eigenvalue weighted by Gasteiger charge is -2.09. The first-order valence-corrected chi connectivity index (χ1v) is 4.89. The standard InChI is InChI=1S/C12H11FN2O/c1-3-4-8-9(13)5-6-10-12(8)15(2)11(16)7-14-10/h3,5-7H,1,4H2,2H3. The molecule has 1 aromatic heterocycles. The maximum Gasteiger partial charge on any atom is 0.269 e. The maximum atomic E-state index is 13.6. The summed E-state index contributed by atoms with van der Waals surface area (Å²) in [5, 5.41) is 0. The van der Waals surface area contributed by atoms with Crippen LogP contribution in [0.25, 0.3) is 11.0 Å². The molecule has 0 aliphatic heterocycles. The van der Waals surface area contributed by atoms with Gasteiger partial charge in [0.1, 0.15) is 5.82 Å². The van der Waals surface area contributed by atoms with E-state index in [1.807, 2.05) is 0 Å². The summed E-state index contributed by atoms with van der Waals surface area (Å²) in [6.45, 7) is 3.58. The van der Waals surface area contributed by atoms with Crippen molar-refractivity contribution in [1.29, 1.82) is 0 Å². The summed E-state index contributed by atoms with van der Waals surface area (Å²) in [7, 11) is 1.61. The van der Waals surface area contributed by atoms with Gasteiger partial charge in [0, 0.05) is 12.6 Å². The van der Waals surface area contributed by atoms with E-state index in [2.05, 4.69) is 11.6 Å². The molecule has 4 heteroatoms. The van der Waals surface area contributed by atoms with E-state index < -0.39 is 0 Å². The summed E-state index contributed by atoms with van der Waals surface area (Å²) in [4.78, 5) is 15.4. The van der Waals surface area contributed by atoms with Crippen molar-refractivity contribution in [3.05, 3.63) is 52.7 Å². The minimum atomic E-state index is -0.338. The molecular formula is C12H11FN2O. The zero-order valence-corrected chi connectivity index (χ0v) is 8.90. The van der Waals surface area contributed by atoms with Crippen molar-refractivity contribution in [3.63, 3.8) is 0 Å². The molecule has 0 saturated carbocycles. The number of hydrogen-bond acceptors (Lipinski definition) is 2. The average molecular weight is 218 g/mol. The number of hydrogen-bond donors (Lipinski definition) is 0. The summed E-state index contributed by atoms with van der Waals surface area (Å²) in [5.74, 6) is -0.338. The third kappa shape index (κ3) is 1.52. The van der Waals surface area contributed by atoms with Gasteiger partial charge in [-0.05, 0) is 18.6 Å². The van der Waals surface area contributed by atoms with E-state index in [4.69, 9.17) is 0 Å². The summed E-state index contributed by atoms with van der Waals surface area (Å²) < 4.78 is 15.0. The number of allylic oxidation sites excluding steroid dienone is 1. The molecule has 16 heavy (non-hydrogen) atoms. The van der Waals surface area contributed by atoms with Gasteiger partial charge in [0.15, 0.2) is 0 Å². The number of benzene rings is 1. The van der Waals surface area contributed by atoms with Gasteiger partial charge in [-0.25, -0.2) is 9.37 Å². The highest BCUT2D eigenvalue weighted by Crippen LogP contribution is 2.19. The quantitative estimate of drug-likeness (QED) is 0.720. The van der Waals surface area contributed by atoms with Gasteiger partial charge in [0.05, 0.1) is 17.2 Å². The van der Waals surface area contributed by atoms with Crippen LogP contribution in [0, 0.1) is 5.82 Å². The molecule has 0 aliphatic rings. The average Bonchev–Trinajstić information content (AvgIpc) is 2.27. The van der Waals surface area contributed by atoms with Crippen LogP contribution in [0.5, 0.6) is 0 Å². The largest absolute Gasteiger partial charge is 0.308 e. The molecule has 0 spiro atoms. The summed E-state index contributed by atoms with van der Waals surface area (Å²) >= 11 is 0. The second-order valence-corrected chi connectivity index (χ2v) is 3.54. The van der Waals surface area contributed by atoms with Crippen molar-refractivity contribution in [2.75, 3.05) is 0 Å². The van der Waals surface area contributed by atoms with Crippen LogP contribution in [0.4, 0.5) is 4.39 Å². The van der Waals surface area contributed by atoms with Gasteiger partial charge < -0.3 is 4.57 Å². The van der Waals surface area contributed by atoms with E-state index in [0.717, 1.165) is 0 Å². The smallest absolute Gasteiger partial charge is 0.269 e. The lowest BCUT2D eigenvalue weighted by atomic mass is 10.1. The molecule has 0 N–H and O–H groups in total. The third-order valence-corrected chi connectivity index (χ3v) is 2.53. The minimum absolute atomic E-state index is 0.247. The highest BCUT2D eigenvalue weighted by molar-refractivity contribution is 5.78. The van der Waals surface area contributed by atoms with E-state index in [-0.39, 0.29) is 11.4 Å². The molecule has 0 radical (unpaired) electrons. The summed E-state index contributed by atoms with van der Waals surface area (Å²) in [6, 6.07) is 2.93. The van der Waals surface area contributed by atoms with Gasteiger partial charge >= 0.3 is 0 Å². The zero-order chi connectivity index (χ0) is 11.7. The second kappa shape index (κ2) is 3.89. The number of halogens is 1. The first-order valence-electron chi connectivity index (χ1n) is 4.89. The Hall–Kier alpha value is -1.97. The van der Waals surface area contributed by atoms with Crippen molar-refractivity contribution < 1.29 is 4.39 Å². The van der Waals surface area contributed by atoms with Crippen LogP contribution in [0.3, 0.4) is 0 Å². The van der Waals surface area contributed by atoms with Crippen LogP contribution in [0.2, 0.25) is 0 Å². The van der Waals surface area contributed by atoms with Crippen LogP contribution < -0.4 is 5.56 Å². The predicted molar refractivity (Wildman–Crippen MR) is 60.8 cm³/mol. The SMILES string of the molecule is C=CCc1c(F)ccc2ncc(=O)n(C)c12. The van der Waals surface area contributed by atoms with E-state index in [1.54, 1.807) is 19.2 Å². The van der Waals surface area contributed by atoms with Gasteiger partial charge in [0.2, 0.25) is 0 Å². The summed E-state index contributed by atoms with van der Waals surface area (Å²) in [6.07, 6.45) is 3.22. The fourth-order valence-corrected chi connectivity index (χ4v) is 1.74. The van der Waals surface area contributed by atoms with E-state index in [9.17, 15) is 9.18 Å². The molecule has 1 heterocycles. The normalized spacial score (nSPS) is 10.6. The monoisotopic (exact) mass is 218 g/mol. The Kier molecular flexibility index (Phi) is 2.56. The Bertz CT molecular complexity index is 616. The molecule has 2 rings (SSSR count). The first-order chi connectivity index (χ1) is 7.65. The topological polar surface area (TPSA) is 34.9 Å². The van der Waals surface area contributed by atoms with Crippen molar-refractivity contribution in [1.82, 2.24) is 9.55 Å². The van der Waals surface area contributed by atoms with Crippen molar-refractivity contribution in [3.8, 4) is 0 Å². The fourth-order valence-electron chi connectivity index (χ4n) is 1.74. The van der Waals surface area contributed by atoms with Crippen LogP contribution >= 0.6 is 0 Å². The number of fused-ring (bicyclic) bond motifs is 1. The second-order valence-electron chi connectivity index (χ2n) is 3.54.